The Balaban J connectivity index is 0.00000441. The van der Waals surface area contributed by atoms with Crippen LogP contribution < -0.4 is 5.73 Å². The molecule has 126 valence electrons. The fourth-order valence-corrected chi connectivity index (χ4v) is 1.99. The van der Waals surface area contributed by atoms with E-state index in [2.05, 4.69) is 0 Å². The van der Waals surface area contributed by atoms with Crippen LogP contribution in [0.5, 0.6) is 0 Å². The number of hydrogen-bond donors (Lipinski definition) is 1. The van der Waals surface area contributed by atoms with Crippen LogP contribution >= 0.6 is 12.4 Å². The van der Waals surface area contributed by atoms with Gasteiger partial charge < -0.3 is 10.6 Å². The zero-order valence-electron chi connectivity index (χ0n) is 12.5. The van der Waals surface area contributed by atoms with Crippen molar-refractivity contribution < 1.29 is 18.0 Å². The van der Waals surface area contributed by atoms with E-state index in [0.717, 1.165) is 16.9 Å². The molecule has 1 unspecified atom stereocenters. The third-order valence-corrected chi connectivity index (χ3v) is 3.13. The van der Waals surface area contributed by atoms with Crippen molar-refractivity contribution in [3.05, 3.63) is 35.9 Å². The van der Waals surface area contributed by atoms with Crippen molar-refractivity contribution >= 4 is 18.3 Å². The molecule has 3 nitrogen and oxygen atoms in total. The molecule has 0 radical (unpaired) electrons. The molecule has 1 aromatic carbocycles. The number of rotatable bonds is 7. The van der Waals surface area contributed by atoms with Gasteiger partial charge in [0.05, 0.1) is 0 Å². The van der Waals surface area contributed by atoms with Crippen LogP contribution in [0, 0.1) is 0 Å². The number of carbonyl (C=O) groups excluding carboxylic acids is 1. The Kier molecular flexibility index (Phi) is 9.13. The van der Waals surface area contributed by atoms with Crippen LogP contribution in [-0.2, 0) is 4.79 Å². The summed E-state index contributed by atoms with van der Waals surface area (Å²) in [5, 5.41) is 0. The van der Waals surface area contributed by atoms with Gasteiger partial charge in [-0.3, -0.25) is 4.79 Å². The molecule has 0 aromatic heterocycles. The maximum absolute atomic E-state index is 12.5. The average Bonchev–Trinajstić information content (AvgIpc) is 2.43. The minimum atomic E-state index is -4.39. The molecule has 1 amide bonds. The summed E-state index contributed by atoms with van der Waals surface area (Å²) in [6, 6.07) is 8.32. The lowest BCUT2D eigenvalue weighted by Crippen LogP contribution is -2.40. The average molecular weight is 339 g/mol. The van der Waals surface area contributed by atoms with E-state index in [0.29, 0.717) is 6.42 Å². The molecule has 0 saturated heterocycles. The molecular weight excluding hydrogens is 317 g/mol. The van der Waals surface area contributed by atoms with Crippen LogP contribution in [0.2, 0.25) is 0 Å². The SMILES string of the molecule is CCCCN(CC(F)(F)F)C(=O)CC(N)c1ccccc1.Cl. The van der Waals surface area contributed by atoms with E-state index in [1.807, 2.05) is 13.0 Å². The van der Waals surface area contributed by atoms with Gasteiger partial charge in [0.1, 0.15) is 6.54 Å². The predicted molar refractivity (Wildman–Crippen MR) is 82.8 cm³/mol. The van der Waals surface area contributed by atoms with Crippen molar-refractivity contribution in [2.45, 2.75) is 38.4 Å². The number of benzene rings is 1. The second-order valence-corrected chi connectivity index (χ2v) is 5.01. The number of halogens is 4. The van der Waals surface area contributed by atoms with E-state index in [-0.39, 0.29) is 25.4 Å². The normalized spacial score (nSPS) is 12.4. The van der Waals surface area contributed by atoms with E-state index < -0.39 is 24.7 Å². The summed E-state index contributed by atoms with van der Waals surface area (Å²) >= 11 is 0. The first-order chi connectivity index (χ1) is 9.83. The molecule has 0 aliphatic heterocycles. The van der Waals surface area contributed by atoms with Crippen LogP contribution in [0.15, 0.2) is 30.3 Å². The smallest absolute Gasteiger partial charge is 0.334 e. The van der Waals surface area contributed by atoms with Gasteiger partial charge in [-0.25, -0.2) is 0 Å². The lowest BCUT2D eigenvalue weighted by Gasteiger charge is -2.25. The topological polar surface area (TPSA) is 46.3 Å². The van der Waals surface area contributed by atoms with Gasteiger partial charge >= 0.3 is 6.18 Å². The quantitative estimate of drug-likeness (QED) is 0.824. The molecule has 0 heterocycles. The number of hydrogen-bond acceptors (Lipinski definition) is 2. The van der Waals surface area contributed by atoms with Crippen LogP contribution in [-0.4, -0.2) is 30.1 Å². The zero-order valence-corrected chi connectivity index (χ0v) is 13.3. The summed E-state index contributed by atoms with van der Waals surface area (Å²) in [5.74, 6) is -0.558. The third-order valence-electron chi connectivity index (χ3n) is 3.13. The molecule has 1 aromatic rings. The standard InChI is InChI=1S/C15H21F3N2O.ClH/c1-2-3-9-20(11-15(16,17)18)14(21)10-13(19)12-7-5-4-6-8-12;/h4-8,13H,2-3,9-11,19H2,1H3;1H. The first-order valence-corrected chi connectivity index (χ1v) is 6.98. The van der Waals surface area contributed by atoms with E-state index >= 15 is 0 Å². The highest BCUT2D eigenvalue weighted by Gasteiger charge is 2.33. The van der Waals surface area contributed by atoms with Gasteiger partial charge in [-0.05, 0) is 12.0 Å². The van der Waals surface area contributed by atoms with Crippen molar-refractivity contribution in [1.29, 1.82) is 0 Å². The minimum Gasteiger partial charge on any atom is -0.334 e. The number of alkyl halides is 3. The van der Waals surface area contributed by atoms with Gasteiger partial charge in [0.15, 0.2) is 0 Å². The molecule has 2 N–H and O–H groups in total. The summed E-state index contributed by atoms with van der Waals surface area (Å²) in [6.45, 7) is 0.760. The number of amides is 1. The summed E-state index contributed by atoms with van der Waals surface area (Å²) in [5.41, 5.74) is 6.64. The Morgan fingerprint density at radius 1 is 1.27 bits per heavy atom. The first kappa shape index (κ1) is 20.7. The van der Waals surface area contributed by atoms with Gasteiger partial charge in [0, 0.05) is 19.0 Å². The van der Waals surface area contributed by atoms with Gasteiger partial charge in [0.25, 0.3) is 0 Å². The second-order valence-electron chi connectivity index (χ2n) is 5.01. The Hall–Kier alpha value is -1.27. The molecule has 0 spiro atoms. The second kappa shape index (κ2) is 9.69. The Morgan fingerprint density at radius 3 is 2.36 bits per heavy atom. The molecular formula is C15H22ClF3N2O. The van der Waals surface area contributed by atoms with Crippen LogP contribution in [0.25, 0.3) is 0 Å². The molecule has 0 fully saturated rings. The lowest BCUT2D eigenvalue weighted by atomic mass is 10.0. The van der Waals surface area contributed by atoms with Crippen molar-refractivity contribution in [3.8, 4) is 0 Å². The van der Waals surface area contributed by atoms with Gasteiger partial charge in [-0.15, -0.1) is 12.4 Å². The van der Waals surface area contributed by atoms with Crippen LogP contribution in [0.1, 0.15) is 37.8 Å². The summed E-state index contributed by atoms with van der Waals surface area (Å²) in [6.07, 6.45) is -3.24. The van der Waals surface area contributed by atoms with E-state index in [1.54, 1.807) is 24.3 Å². The summed E-state index contributed by atoms with van der Waals surface area (Å²) < 4.78 is 37.6. The van der Waals surface area contributed by atoms with Gasteiger partial charge in [-0.1, -0.05) is 43.7 Å². The molecule has 22 heavy (non-hydrogen) atoms. The van der Waals surface area contributed by atoms with Crippen molar-refractivity contribution in [1.82, 2.24) is 4.90 Å². The monoisotopic (exact) mass is 338 g/mol. The fraction of sp³-hybridized carbons (Fsp3) is 0.533. The molecule has 7 heteroatoms. The molecule has 1 atom stereocenters. The van der Waals surface area contributed by atoms with E-state index in [9.17, 15) is 18.0 Å². The van der Waals surface area contributed by atoms with Gasteiger partial charge in [-0.2, -0.15) is 13.2 Å². The van der Waals surface area contributed by atoms with Crippen LogP contribution in [0.4, 0.5) is 13.2 Å². The van der Waals surface area contributed by atoms with Crippen molar-refractivity contribution in [2.75, 3.05) is 13.1 Å². The minimum absolute atomic E-state index is 0. The first-order valence-electron chi connectivity index (χ1n) is 6.98. The highest BCUT2D eigenvalue weighted by molar-refractivity contribution is 5.85. The molecule has 0 bridgehead atoms. The highest BCUT2D eigenvalue weighted by atomic mass is 35.5. The molecule has 0 saturated carbocycles. The van der Waals surface area contributed by atoms with Crippen LogP contribution in [0.3, 0.4) is 0 Å². The Labute approximate surface area is 135 Å². The van der Waals surface area contributed by atoms with Crippen molar-refractivity contribution in [3.63, 3.8) is 0 Å². The van der Waals surface area contributed by atoms with Crippen molar-refractivity contribution in [2.24, 2.45) is 5.73 Å². The fourth-order valence-electron chi connectivity index (χ4n) is 1.99. The van der Waals surface area contributed by atoms with E-state index in [1.165, 1.54) is 0 Å². The zero-order chi connectivity index (χ0) is 15.9. The molecule has 1 rings (SSSR count). The number of nitrogens with zero attached hydrogens (tertiary/aromatic N) is 1. The maximum atomic E-state index is 12.5. The Bertz CT molecular complexity index is 440. The van der Waals surface area contributed by atoms with E-state index in [4.69, 9.17) is 5.73 Å². The Morgan fingerprint density at radius 2 is 1.86 bits per heavy atom. The molecule has 0 aliphatic carbocycles. The predicted octanol–water partition coefficient (Wildman–Crippen LogP) is 3.69. The third kappa shape index (κ3) is 7.66. The number of unbranched alkanes of at least 4 members (excludes halogenated alkanes) is 1. The molecule has 0 aliphatic rings. The summed E-state index contributed by atoms with van der Waals surface area (Å²) in [4.78, 5) is 12.9. The lowest BCUT2D eigenvalue weighted by molar-refractivity contribution is -0.161. The number of carbonyl (C=O) groups is 1. The largest absolute Gasteiger partial charge is 0.406 e. The van der Waals surface area contributed by atoms with Gasteiger partial charge in [0.2, 0.25) is 5.91 Å². The number of nitrogens with two attached hydrogens (primary N) is 1. The maximum Gasteiger partial charge on any atom is 0.406 e. The summed E-state index contributed by atoms with van der Waals surface area (Å²) in [7, 11) is 0. The highest BCUT2D eigenvalue weighted by Crippen LogP contribution is 2.20.